The van der Waals surface area contributed by atoms with Gasteiger partial charge in [0.05, 0.1) is 13.2 Å². The van der Waals surface area contributed by atoms with Crippen LogP contribution in [-0.2, 0) is 14.2 Å². The van der Waals surface area contributed by atoms with E-state index < -0.39 is 6.29 Å². The molecular formula is C11H20O4. The third-order valence-electron chi connectivity index (χ3n) is 3.35. The minimum absolute atomic E-state index is 0.239. The van der Waals surface area contributed by atoms with E-state index in [9.17, 15) is 5.11 Å². The van der Waals surface area contributed by atoms with Crippen molar-refractivity contribution in [2.24, 2.45) is 5.92 Å². The molecule has 2 fully saturated rings. The Kier molecular flexibility index (Phi) is 3.61. The fourth-order valence-electron chi connectivity index (χ4n) is 2.46. The predicted octanol–water partition coefficient (Wildman–Crippen LogP) is 1.27. The van der Waals surface area contributed by atoms with Crippen molar-refractivity contribution < 1.29 is 19.3 Å². The van der Waals surface area contributed by atoms with E-state index in [1.807, 2.05) is 6.92 Å². The third kappa shape index (κ3) is 2.50. The van der Waals surface area contributed by atoms with Crippen LogP contribution in [0, 0.1) is 5.92 Å². The van der Waals surface area contributed by atoms with Crippen molar-refractivity contribution in [1.82, 2.24) is 0 Å². The van der Waals surface area contributed by atoms with Gasteiger partial charge in [0.2, 0.25) is 0 Å². The lowest BCUT2D eigenvalue weighted by Gasteiger charge is -2.36. The molecule has 0 aromatic rings. The van der Waals surface area contributed by atoms with Gasteiger partial charge in [-0.05, 0) is 19.8 Å². The molecule has 4 nitrogen and oxygen atoms in total. The van der Waals surface area contributed by atoms with Crippen LogP contribution in [0.5, 0.6) is 0 Å². The van der Waals surface area contributed by atoms with Crippen LogP contribution >= 0.6 is 0 Å². The minimum atomic E-state index is -0.617. The van der Waals surface area contributed by atoms with E-state index in [0.29, 0.717) is 19.8 Å². The second-order valence-electron chi connectivity index (χ2n) is 4.29. The highest BCUT2D eigenvalue weighted by atomic mass is 16.7. The second kappa shape index (κ2) is 4.78. The van der Waals surface area contributed by atoms with Gasteiger partial charge in [0.25, 0.3) is 0 Å². The zero-order valence-corrected chi connectivity index (χ0v) is 9.28. The molecule has 1 saturated heterocycles. The van der Waals surface area contributed by atoms with Gasteiger partial charge in [0.1, 0.15) is 0 Å². The Hall–Kier alpha value is -0.160. The average Bonchev–Trinajstić information content (AvgIpc) is 2.68. The van der Waals surface area contributed by atoms with Crippen molar-refractivity contribution in [1.29, 1.82) is 0 Å². The highest BCUT2D eigenvalue weighted by Gasteiger charge is 2.41. The molecule has 0 aromatic heterocycles. The minimum Gasteiger partial charge on any atom is -0.368 e. The lowest BCUT2D eigenvalue weighted by Crippen LogP contribution is -2.38. The summed E-state index contributed by atoms with van der Waals surface area (Å²) in [7, 11) is 0. The summed E-state index contributed by atoms with van der Waals surface area (Å²) in [6, 6.07) is 0. The van der Waals surface area contributed by atoms with E-state index in [1.54, 1.807) is 0 Å². The zero-order valence-electron chi connectivity index (χ0n) is 9.28. The van der Waals surface area contributed by atoms with Gasteiger partial charge in [0, 0.05) is 25.4 Å². The predicted molar refractivity (Wildman–Crippen MR) is 54.2 cm³/mol. The van der Waals surface area contributed by atoms with E-state index in [2.05, 4.69) is 0 Å². The summed E-state index contributed by atoms with van der Waals surface area (Å²) >= 11 is 0. The molecule has 1 aliphatic heterocycles. The Morgan fingerprint density at radius 1 is 1.33 bits per heavy atom. The number of rotatable bonds is 3. The van der Waals surface area contributed by atoms with Gasteiger partial charge < -0.3 is 19.3 Å². The van der Waals surface area contributed by atoms with Crippen molar-refractivity contribution in [2.75, 3.05) is 19.8 Å². The van der Waals surface area contributed by atoms with Crippen molar-refractivity contribution in [3.63, 3.8) is 0 Å². The van der Waals surface area contributed by atoms with Gasteiger partial charge in [0.15, 0.2) is 12.1 Å². The van der Waals surface area contributed by atoms with Crippen LogP contribution in [0.1, 0.15) is 32.6 Å². The van der Waals surface area contributed by atoms with Crippen LogP contribution in [0.3, 0.4) is 0 Å². The molecule has 0 radical (unpaired) electrons. The maximum atomic E-state index is 9.70. The summed E-state index contributed by atoms with van der Waals surface area (Å²) in [5, 5.41) is 9.70. The monoisotopic (exact) mass is 216 g/mol. The molecule has 0 bridgehead atoms. The summed E-state index contributed by atoms with van der Waals surface area (Å²) in [4.78, 5) is 0. The van der Waals surface area contributed by atoms with Crippen LogP contribution in [0.4, 0.5) is 0 Å². The van der Waals surface area contributed by atoms with Gasteiger partial charge in [-0.25, -0.2) is 0 Å². The quantitative estimate of drug-likeness (QED) is 0.722. The van der Waals surface area contributed by atoms with Crippen molar-refractivity contribution >= 4 is 0 Å². The number of ether oxygens (including phenoxy) is 3. The van der Waals surface area contributed by atoms with E-state index in [-0.39, 0.29) is 11.7 Å². The lowest BCUT2D eigenvalue weighted by molar-refractivity contribution is -0.205. The molecule has 1 N–H and O–H groups in total. The summed E-state index contributed by atoms with van der Waals surface area (Å²) < 4.78 is 16.5. The number of aliphatic hydroxyl groups is 1. The molecule has 4 heteroatoms. The highest BCUT2D eigenvalue weighted by Crippen LogP contribution is 2.39. The first-order valence-corrected chi connectivity index (χ1v) is 5.83. The van der Waals surface area contributed by atoms with Crippen LogP contribution < -0.4 is 0 Å². The molecule has 88 valence electrons. The molecule has 0 amide bonds. The van der Waals surface area contributed by atoms with Crippen molar-refractivity contribution in [3.8, 4) is 0 Å². The fraction of sp³-hybridized carbons (Fsp3) is 1.00. The number of hydrogen-bond acceptors (Lipinski definition) is 4. The van der Waals surface area contributed by atoms with Crippen LogP contribution in [0.15, 0.2) is 0 Å². The highest BCUT2D eigenvalue weighted by molar-refractivity contribution is 4.83. The molecule has 0 aromatic carbocycles. The van der Waals surface area contributed by atoms with Gasteiger partial charge in [-0.3, -0.25) is 0 Å². The van der Waals surface area contributed by atoms with Crippen molar-refractivity contribution in [3.05, 3.63) is 0 Å². The van der Waals surface area contributed by atoms with E-state index in [0.717, 1.165) is 25.7 Å². The Morgan fingerprint density at radius 2 is 1.93 bits per heavy atom. The molecule has 1 spiro atoms. The molecule has 1 aliphatic carbocycles. The molecule has 1 unspecified atom stereocenters. The zero-order chi connectivity index (χ0) is 10.7. The van der Waals surface area contributed by atoms with Crippen LogP contribution in [-0.4, -0.2) is 37.0 Å². The van der Waals surface area contributed by atoms with Gasteiger partial charge in [-0.1, -0.05) is 0 Å². The maximum Gasteiger partial charge on any atom is 0.168 e. The average molecular weight is 216 g/mol. The topological polar surface area (TPSA) is 47.9 Å². The summed E-state index contributed by atoms with van der Waals surface area (Å²) in [5.74, 6) is -0.0917. The molecule has 2 aliphatic rings. The van der Waals surface area contributed by atoms with E-state index >= 15 is 0 Å². The third-order valence-corrected chi connectivity index (χ3v) is 3.35. The van der Waals surface area contributed by atoms with Crippen molar-refractivity contribution in [2.45, 2.75) is 44.7 Å². The molecule has 1 atom stereocenters. The van der Waals surface area contributed by atoms with Gasteiger partial charge in [-0.2, -0.15) is 0 Å². The number of aliphatic hydroxyl groups excluding tert-OH is 1. The Bertz CT molecular complexity index is 191. The van der Waals surface area contributed by atoms with Gasteiger partial charge in [-0.15, -0.1) is 0 Å². The number of hydrogen-bond donors (Lipinski definition) is 1. The first-order chi connectivity index (χ1) is 7.26. The largest absolute Gasteiger partial charge is 0.368 e. The molecule has 2 rings (SSSR count). The molecule has 1 heterocycles. The Balaban J connectivity index is 1.81. The normalized spacial score (nSPS) is 28.4. The van der Waals surface area contributed by atoms with E-state index in [1.165, 1.54) is 0 Å². The maximum absolute atomic E-state index is 9.70. The first kappa shape index (κ1) is 11.3. The fourth-order valence-corrected chi connectivity index (χ4v) is 2.46. The Labute approximate surface area is 90.5 Å². The second-order valence-corrected chi connectivity index (χ2v) is 4.29. The molecule has 1 saturated carbocycles. The smallest absolute Gasteiger partial charge is 0.168 e. The molecular weight excluding hydrogens is 196 g/mol. The SMILES string of the molecule is CCOC(O)C1CCC2(CC1)OCCO2. The van der Waals surface area contributed by atoms with Gasteiger partial charge >= 0.3 is 0 Å². The van der Waals surface area contributed by atoms with Crippen LogP contribution in [0.2, 0.25) is 0 Å². The standard InChI is InChI=1S/C11H20O4/c1-2-13-10(12)9-3-5-11(6-4-9)14-7-8-15-11/h9-10,12H,2-8H2,1H3. The summed E-state index contributed by atoms with van der Waals surface area (Å²) in [5.41, 5.74) is 0. The Morgan fingerprint density at radius 3 is 2.47 bits per heavy atom. The lowest BCUT2D eigenvalue weighted by atomic mass is 9.84. The molecule has 15 heavy (non-hydrogen) atoms. The summed E-state index contributed by atoms with van der Waals surface area (Å²) in [6.07, 6.45) is 2.97. The summed E-state index contributed by atoms with van der Waals surface area (Å²) in [6.45, 7) is 3.88. The first-order valence-electron chi connectivity index (χ1n) is 5.83. The van der Waals surface area contributed by atoms with Crippen LogP contribution in [0.25, 0.3) is 0 Å². The van der Waals surface area contributed by atoms with E-state index in [4.69, 9.17) is 14.2 Å².